The molecule has 28 heavy (non-hydrogen) atoms. The minimum absolute atomic E-state index is 0.0550. The van der Waals surface area contributed by atoms with Gasteiger partial charge in [0.1, 0.15) is 11.9 Å². The summed E-state index contributed by atoms with van der Waals surface area (Å²) in [6.45, 7) is 0.342. The molecule has 1 heterocycles. The van der Waals surface area contributed by atoms with Crippen LogP contribution in [0.2, 0.25) is 0 Å². The number of amides is 2. The topological polar surface area (TPSA) is 124 Å². The number of hydrogen-bond acceptors (Lipinski definition) is 5. The molecule has 3 aromatic rings. The molecule has 0 radical (unpaired) electrons. The Labute approximate surface area is 161 Å². The fourth-order valence-electron chi connectivity index (χ4n) is 2.53. The molecular weight excluding hydrogens is 356 g/mol. The third kappa shape index (κ3) is 4.80. The molecule has 0 saturated heterocycles. The van der Waals surface area contributed by atoms with E-state index in [0.29, 0.717) is 29.9 Å². The Bertz CT molecular complexity index is 979. The Hall–Kier alpha value is -3.99. The van der Waals surface area contributed by atoms with Crippen LogP contribution >= 0.6 is 0 Å². The number of aromatic amines is 1. The van der Waals surface area contributed by atoms with Crippen molar-refractivity contribution in [3.05, 3.63) is 83.4 Å². The molecule has 2 aromatic carbocycles. The lowest BCUT2D eigenvalue weighted by Crippen LogP contribution is -2.28. The Kier molecular flexibility index (Phi) is 6.10. The molecule has 0 aliphatic heterocycles. The maximum Gasteiger partial charge on any atom is 0.292 e. The molecular formula is C20H18N6O2. The quantitative estimate of drug-likeness (QED) is 0.581. The van der Waals surface area contributed by atoms with Crippen LogP contribution in [0.1, 0.15) is 38.4 Å². The fourth-order valence-corrected chi connectivity index (χ4v) is 2.53. The van der Waals surface area contributed by atoms with Crippen molar-refractivity contribution in [2.75, 3.05) is 6.54 Å². The van der Waals surface area contributed by atoms with Crippen molar-refractivity contribution in [3.8, 4) is 6.07 Å². The summed E-state index contributed by atoms with van der Waals surface area (Å²) in [5.74, 6) is -0.323. The molecule has 8 nitrogen and oxygen atoms in total. The highest BCUT2D eigenvalue weighted by Crippen LogP contribution is 2.11. The summed E-state index contributed by atoms with van der Waals surface area (Å²) >= 11 is 0. The number of H-pyrrole nitrogens is 1. The van der Waals surface area contributed by atoms with Gasteiger partial charge in [-0.25, -0.2) is 4.98 Å². The first-order chi connectivity index (χ1) is 13.7. The third-order valence-corrected chi connectivity index (χ3v) is 3.96. The smallest absolute Gasteiger partial charge is 0.292 e. The van der Waals surface area contributed by atoms with E-state index in [1.165, 1.54) is 0 Å². The second-order valence-corrected chi connectivity index (χ2v) is 5.92. The number of rotatable bonds is 7. The summed E-state index contributed by atoms with van der Waals surface area (Å²) in [7, 11) is 0. The molecule has 2 amide bonds. The average Bonchev–Trinajstić information content (AvgIpc) is 3.22. The molecule has 0 bridgehead atoms. The van der Waals surface area contributed by atoms with E-state index in [1.807, 2.05) is 18.2 Å². The highest BCUT2D eigenvalue weighted by molar-refractivity contribution is 5.94. The molecule has 1 aromatic heterocycles. The van der Waals surface area contributed by atoms with Gasteiger partial charge in [-0.05, 0) is 17.7 Å². The zero-order valence-electron chi connectivity index (χ0n) is 14.9. The second-order valence-electron chi connectivity index (χ2n) is 5.92. The van der Waals surface area contributed by atoms with Crippen LogP contribution in [0.4, 0.5) is 0 Å². The standard InChI is InChI=1S/C20H18N6O2/c21-13-16(14-7-3-1-4-8-14)23-20(28)18-24-17(25-26-18)11-12-22-19(27)15-9-5-2-6-10-15/h1-10,16H,11-12H2,(H,22,27)(H,23,28)(H,24,25,26). The summed E-state index contributed by atoms with van der Waals surface area (Å²) in [5.41, 5.74) is 1.25. The molecule has 3 rings (SSSR count). The van der Waals surface area contributed by atoms with Crippen molar-refractivity contribution >= 4 is 11.8 Å². The van der Waals surface area contributed by atoms with Gasteiger partial charge in [-0.15, -0.1) is 5.10 Å². The first-order valence-electron chi connectivity index (χ1n) is 8.67. The lowest BCUT2D eigenvalue weighted by atomic mass is 10.1. The highest BCUT2D eigenvalue weighted by Gasteiger charge is 2.18. The van der Waals surface area contributed by atoms with Crippen LogP contribution in [0.15, 0.2) is 60.7 Å². The van der Waals surface area contributed by atoms with E-state index in [1.54, 1.807) is 48.5 Å². The third-order valence-electron chi connectivity index (χ3n) is 3.96. The fraction of sp³-hybridized carbons (Fsp3) is 0.150. The van der Waals surface area contributed by atoms with Crippen molar-refractivity contribution in [1.82, 2.24) is 25.8 Å². The number of carbonyl (C=O) groups excluding carboxylic acids is 2. The molecule has 0 saturated carbocycles. The molecule has 0 aliphatic carbocycles. The van der Waals surface area contributed by atoms with Gasteiger partial charge in [0.25, 0.3) is 11.8 Å². The van der Waals surface area contributed by atoms with Crippen molar-refractivity contribution in [1.29, 1.82) is 5.26 Å². The van der Waals surface area contributed by atoms with Crippen LogP contribution in [0.5, 0.6) is 0 Å². The Balaban J connectivity index is 1.52. The summed E-state index contributed by atoms with van der Waals surface area (Å²) in [4.78, 5) is 28.4. The first kappa shape index (κ1) is 18.8. The van der Waals surface area contributed by atoms with Crippen LogP contribution < -0.4 is 10.6 Å². The van der Waals surface area contributed by atoms with Gasteiger partial charge in [0, 0.05) is 18.5 Å². The maximum absolute atomic E-state index is 12.3. The number of aromatic nitrogens is 3. The number of nitrogens with one attached hydrogen (secondary N) is 3. The van der Waals surface area contributed by atoms with Crippen molar-refractivity contribution in [2.45, 2.75) is 12.5 Å². The lowest BCUT2D eigenvalue weighted by Gasteiger charge is -2.09. The molecule has 0 aliphatic rings. The molecule has 140 valence electrons. The van der Waals surface area contributed by atoms with Crippen molar-refractivity contribution in [3.63, 3.8) is 0 Å². The lowest BCUT2D eigenvalue weighted by molar-refractivity contribution is 0.0931. The molecule has 0 spiro atoms. The van der Waals surface area contributed by atoms with Gasteiger partial charge >= 0.3 is 0 Å². The molecule has 1 atom stereocenters. The van der Waals surface area contributed by atoms with E-state index in [9.17, 15) is 14.9 Å². The van der Waals surface area contributed by atoms with Crippen LogP contribution in [0.3, 0.4) is 0 Å². The number of nitriles is 1. The van der Waals surface area contributed by atoms with Crippen LogP contribution in [0, 0.1) is 11.3 Å². The predicted molar refractivity (Wildman–Crippen MR) is 101 cm³/mol. The first-order valence-corrected chi connectivity index (χ1v) is 8.67. The summed E-state index contributed by atoms with van der Waals surface area (Å²) in [6, 6.07) is 19.1. The van der Waals surface area contributed by atoms with Gasteiger partial charge in [0.2, 0.25) is 5.82 Å². The summed E-state index contributed by atoms with van der Waals surface area (Å²) < 4.78 is 0. The van der Waals surface area contributed by atoms with Gasteiger partial charge in [-0.1, -0.05) is 48.5 Å². The molecule has 8 heteroatoms. The second kappa shape index (κ2) is 9.09. The van der Waals surface area contributed by atoms with Crippen LogP contribution in [-0.2, 0) is 6.42 Å². The minimum Gasteiger partial charge on any atom is -0.352 e. The van der Waals surface area contributed by atoms with Crippen LogP contribution in [0.25, 0.3) is 0 Å². The van der Waals surface area contributed by atoms with E-state index in [2.05, 4.69) is 25.8 Å². The molecule has 3 N–H and O–H groups in total. The van der Waals surface area contributed by atoms with Gasteiger partial charge in [-0.2, -0.15) is 5.26 Å². The SMILES string of the molecule is N#CC(NC(=O)c1n[nH]c(CCNC(=O)c2ccccc2)n1)c1ccccc1. The highest BCUT2D eigenvalue weighted by atomic mass is 16.2. The van der Waals surface area contributed by atoms with Crippen molar-refractivity contribution in [2.24, 2.45) is 0 Å². The predicted octanol–water partition coefficient (Wildman–Crippen LogP) is 1.77. The van der Waals surface area contributed by atoms with Gasteiger partial charge in [0.05, 0.1) is 6.07 Å². The maximum atomic E-state index is 12.3. The van der Waals surface area contributed by atoms with E-state index in [4.69, 9.17) is 0 Å². The largest absolute Gasteiger partial charge is 0.352 e. The Morgan fingerprint density at radius 2 is 1.71 bits per heavy atom. The van der Waals surface area contributed by atoms with Crippen molar-refractivity contribution < 1.29 is 9.59 Å². The number of nitrogens with zero attached hydrogens (tertiary/aromatic N) is 3. The molecule has 1 unspecified atom stereocenters. The Morgan fingerprint density at radius 3 is 2.39 bits per heavy atom. The zero-order valence-corrected chi connectivity index (χ0v) is 14.9. The number of benzene rings is 2. The average molecular weight is 374 g/mol. The van der Waals surface area contributed by atoms with Gasteiger partial charge < -0.3 is 10.6 Å². The van der Waals surface area contributed by atoms with Crippen LogP contribution in [-0.4, -0.2) is 33.5 Å². The monoisotopic (exact) mass is 374 g/mol. The summed E-state index contributed by atoms with van der Waals surface area (Å²) in [6.07, 6.45) is 0.388. The summed E-state index contributed by atoms with van der Waals surface area (Å²) in [5, 5.41) is 21.2. The zero-order chi connectivity index (χ0) is 19.8. The minimum atomic E-state index is -0.791. The normalized spacial score (nSPS) is 11.2. The Morgan fingerprint density at radius 1 is 1.04 bits per heavy atom. The molecule has 0 fully saturated rings. The van der Waals surface area contributed by atoms with E-state index in [-0.39, 0.29) is 11.7 Å². The van der Waals surface area contributed by atoms with Gasteiger partial charge in [-0.3, -0.25) is 14.7 Å². The van der Waals surface area contributed by atoms with E-state index < -0.39 is 11.9 Å². The van der Waals surface area contributed by atoms with E-state index in [0.717, 1.165) is 0 Å². The van der Waals surface area contributed by atoms with Gasteiger partial charge in [0.15, 0.2) is 0 Å². The van der Waals surface area contributed by atoms with E-state index >= 15 is 0 Å². The number of hydrogen-bond donors (Lipinski definition) is 3. The number of carbonyl (C=O) groups is 2.